The number of carbonyl (C=O) groups excluding carboxylic acids is 2. The topological polar surface area (TPSA) is 139 Å². The van der Waals surface area contributed by atoms with Crippen molar-refractivity contribution in [2.24, 2.45) is 0 Å². The minimum Gasteiger partial charge on any atom is -0.497 e. The van der Waals surface area contributed by atoms with Crippen LogP contribution in [-0.2, 0) is 26.2 Å². The van der Waals surface area contributed by atoms with E-state index in [1.807, 2.05) is 13.8 Å². The first-order valence-electron chi connectivity index (χ1n) is 13.0. The summed E-state index contributed by atoms with van der Waals surface area (Å²) in [5.41, 5.74) is 0.506. The van der Waals surface area contributed by atoms with Crippen molar-refractivity contribution in [2.75, 3.05) is 18.0 Å². The summed E-state index contributed by atoms with van der Waals surface area (Å²) in [6.07, 6.45) is 0.686. The Bertz CT molecular complexity index is 1460. The normalized spacial score (nSPS) is 12.6. The van der Waals surface area contributed by atoms with Gasteiger partial charge in [-0.05, 0) is 62.2 Å². The molecule has 41 heavy (non-hydrogen) atoms. The fourth-order valence-electron chi connectivity index (χ4n) is 4.00. The first-order valence-corrected chi connectivity index (χ1v) is 14.5. The smallest absolute Gasteiger partial charge is 0.269 e. The highest BCUT2D eigenvalue weighted by atomic mass is 32.2. The number of hydrogen-bond donors (Lipinski definition) is 1. The molecule has 12 heteroatoms. The second kappa shape index (κ2) is 13.8. The van der Waals surface area contributed by atoms with Gasteiger partial charge in [0.15, 0.2) is 0 Å². The van der Waals surface area contributed by atoms with Crippen molar-refractivity contribution in [3.8, 4) is 5.75 Å². The van der Waals surface area contributed by atoms with E-state index in [0.717, 1.165) is 4.31 Å². The van der Waals surface area contributed by atoms with E-state index >= 15 is 0 Å². The Morgan fingerprint density at radius 1 is 1.00 bits per heavy atom. The number of nitrogens with zero attached hydrogens (tertiary/aromatic N) is 3. The zero-order valence-electron chi connectivity index (χ0n) is 23.4. The number of carbonyl (C=O) groups is 2. The van der Waals surface area contributed by atoms with Gasteiger partial charge in [-0.3, -0.25) is 24.0 Å². The molecule has 0 saturated heterocycles. The molecule has 3 aromatic rings. The number of methoxy groups -OCH3 is 1. The van der Waals surface area contributed by atoms with Gasteiger partial charge in [-0.25, -0.2) is 8.42 Å². The number of hydrogen-bond acceptors (Lipinski definition) is 7. The SMILES string of the molecule is CC[C@@H](C)NC(=O)[C@@H](C)N(Cc1cccc(OC)c1)C(=O)CN(c1ccc([N+](=O)[O-])cc1)S(=O)(=O)c1ccccc1. The number of nitro groups is 1. The van der Waals surface area contributed by atoms with Crippen LogP contribution in [0.1, 0.15) is 32.8 Å². The molecule has 0 aliphatic heterocycles. The van der Waals surface area contributed by atoms with Crippen LogP contribution < -0.4 is 14.4 Å². The van der Waals surface area contributed by atoms with E-state index in [1.165, 1.54) is 48.4 Å². The van der Waals surface area contributed by atoms with Gasteiger partial charge in [-0.1, -0.05) is 37.3 Å². The van der Waals surface area contributed by atoms with Crippen molar-refractivity contribution >= 4 is 33.2 Å². The molecule has 0 bridgehead atoms. The molecule has 11 nitrogen and oxygen atoms in total. The van der Waals surface area contributed by atoms with E-state index < -0.39 is 33.4 Å². The fraction of sp³-hybridized carbons (Fsp3) is 0.310. The van der Waals surface area contributed by atoms with Gasteiger partial charge in [0, 0.05) is 24.7 Å². The third-order valence-electron chi connectivity index (χ3n) is 6.61. The number of ether oxygens (including phenoxy) is 1. The van der Waals surface area contributed by atoms with Crippen molar-refractivity contribution < 1.29 is 27.7 Å². The molecule has 2 atom stereocenters. The zero-order valence-corrected chi connectivity index (χ0v) is 24.2. The first kappa shape index (κ1) is 31.1. The van der Waals surface area contributed by atoms with E-state index in [9.17, 15) is 28.1 Å². The molecule has 3 aromatic carbocycles. The van der Waals surface area contributed by atoms with Crippen LogP contribution in [0.25, 0.3) is 0 Å². The van der Waals surface area contributed by atoms with Crippen molar-refractivity contribution in [3.63, 3.8) is 0 Å². The standard InChI is InChI=1S/C29H34N4O7S/c1-5-21(2)30-29(35)22(3)31(19-23-10-9-11-26(18-23)40-4)28(34)20-32(24-14-16-25(17-15-24)33(36)37)41(38,39)27-12-7-6-8-13-27/h6-18,21-22H,5,19-20H2,1-4H3,(H,30,35)/t21-,22-/m1/s1. The maximum atomic E-state index is 13.9. The van der Waals surface area contributed by atoms with Gasteiger partial charge < -0.3 is 15.0 Å². The summed E-state index contributed by atoms with van der Waals surface area (Å²) in [7, 11) is -2.76. The lowest BCUT2D eigenvalue weighted by Gasteiger charge is -2.32. The second-order valence-corrected chi connectivity index (χ2v) is 11.3. The molecule has 0 aromatic heterocycles. The molecule has 0 fully saturated rings. The van der Waals surface area contributed by atoms with E-state index in [4.69, 9.17) is 4.74 Å². The number of benzene rings is 3. The Kier molecular flexibility index (Phi) is 10.4. The predicted octanol–water partition coefficient (Wildman–Crippen LogP) is 4.13. The van der Waals surface area contributed by atoms with Crippen LogP contribution in [0, 0.1) is 10.1 Å². The van der Waals surface area contributed by atoms with Gasteiger partial charge in [-0.2, -0.15) is 0 Å². The van der Waals surface area contributed by atoms with Crippen LogP contribution >= 0.6 is 0 Å². The lowest BCUT2D eigenvalue weighted by Crippen LogP contribution is -2.52. The van der Waals surface area contributed by atoms with E-state index in [-0.39, 0.29) is 34.8 Å². The van der Waals surface area contributed by atoms with E-state index in [2.05, 4.69) is 5.32 Å². The average Bonchev–Trinajstić information content (AvgIpc) is 2.98. The number of sulfonamides is 1. The Morgan fingerprint density at radius 2 is 1.66 bits per heavy atom. The Balaban J connectivity index is 2.04. The molecule has 0 saturated carbocycles. The van der Waals surface area contributed by atoms with Gasteiger partial charge in [0.1, 0.15) is 18.3 Å². The number of amides is 2. The summed E-state index contributed by atoms with van der Waals surface area (Å²) in [5.74, 6) is -0.466. The van der Waals surface area contributed by atoms with E-state index in [0.29, 0.717) is 17.7 Å². The van der Waals surface area contributed by atoms with Crippen LogP contribution in [0.2, 0.25) is 0 Å². The van der Waals surface area contributed by atoms with Crippen LogP contribution in [-0.4, -0.2) is 55.8 Å². The van der Waals surface area contributed by atoms with Gasteiger partial charge >= 0.3 is 0 Å². The van der Waals surface area contributed by atoms with Gasteiger partial charge in [0.25, 0.3) is 15.7 Å². The lowest BCUT2D eigenvalue weighted by atomic mass is 10.1. The number of non-ortho nitro benzene ring substituents is 1. The minimum atomic E-state index is -4.27. The summed E-state index contributed by atoms with van der Waals surface area (Å²) >= 11 is 0. The molecule has 0 radical (unpaired) electrons. The molecule has 0 aliphatic rings. The lowest BCUT2D eigenvalue weighted by molar-refractivity contribution is -0.384. The number of rotatable bonds is 13. The largest absolute Gasteiger partial charge is 0.497 e. The molecule has 0 heterocycles. The third kappa shape index (κ3) is 7.82. The number of nitrogens with one attached hydrogen (secondary N) is 1. The van der Waals surface area contributed by atoms with Crippen molar-refractivity contribution in [3.05, 3.63) is 94.5 Å². The van der Waals surface area contributed by atoms with Crippen molar-refractivity contribution in [1.29, 1.82) is 0 Å². The molecule has 3 rings (SSSR count). The summed E-state index contributed by atoms with van der Waals surface area (Å²) in [4.78, 5) is 38.9. The monoisotopic (exact) mass is 582 g/mol. The Hall–Kier alpha value is -4.45. The fourth-order valence-corrected chi connectivity index (χ4v) is 5.44. The molecule has 218 valence electrons. The van der Waals surface area contributed by atoms with Crippen LogP contribution in [0.5, 0.6) is 5.75 Å². The molecular formula is C29H34N4O7S. The van der Waals surface area contributed by atoms with Crippen LogP contribution in [0.3, 0.4) is 0 Å². The summed E-state index contributed by atoms with van der Waals surface area (Å²) < 4.78 is 33.7. The summed E-state index contributed by atoms with van der Waals surface area (Å²) in [5, 5.41) is 14.1. The van der Waals surface area contributed by atoms with Crippen LogP contribution in [0.4, 0.5) is 11.4 Å². The molecule has 2 amide bonds. The predicted molar refractivity (Wildman–Crippen MR) is 155 cm³/mol. The highest BCUT2D eigenvalue weighted by Crippen LogP contribution is 2.26. The number of nitro benzene ring substituents is 1. The second-order valence-electron chi connectivity index (χ2n) is 9.47. The maximum Gasteiger partial charge on any atom is 0.269 e. The van der Waals surface area contributed by atoms with Crippen molar-refractivity contribution in [1.82, 2.24) is 10.2 Å². The van der Waals surface area contributed by atoms with Gasteiger partial charge in [0.2, 0.25) is 11.8 Å². The van der Waals surface area contributed by atoms with Crippen LogP contribution in [0.15, 0.2) is 83.8 Å². The zero-order chi connectivity index (χ0) is 30.2. The molecule has 0 spiro atoms. The average molecular weight is 583 g/mol. The highest BCUT2D eigenvalue weighted by molar-refractivity contribution is 7.92. The van der Waals surface area contributed by atoms with Gasteiger partial charge in [0.05, 0.1) is 22.6 Å². The quantitative estimate of drug-likeness (QED) is 0.236. The minimum absolute atomic E-state index is 0.00458. The highest BCUT2D eigenvalue weighted by Gasteiger charge is 2.33. The molecule has 0 unspecified atom stereocenters. The maximum absolute atomic E-state index is 13.9. The molecule has 1 N–H and O–H groups in total. The molecule has 0 aliphatic carbocycles. The first-order chi connectivity index (χ1) is 19.5. The molecular weight excluding hydrogens is 548 g/mol. The van der Waals surface area contributed by atoms with E-state index in [1.54, 1.807) is 49.4 Å². The Morgan fingerprint density at radius 3 is 2.24 bits per heavy atom. The third-order valence-corrected chi connectivity index (χ3v) is 8.40. The number of anilines is 1. The summed E-state index contributed by atoms with van der Waals surface area (Å²) in [6.45, 7) is 4.70. The Labute approximate surface area is 239 Å². The van der Waals surface area contributed by atoms with Crippen molar-refractivity contribution in [2.45, 2.75) is 50.7 Å². The summed E-state index contributed by atoms with van der Waals surface area (Å²) in [6, 6.07) is 18.4. The van der Waals surface area contributed by atoms with Gasteiger partial charge in [-0.15, -0.1) is 0 Å².